The quantitative estimate of drug-likeness (QED) is 0.883. The molecule has 1 aliphatic rings. The van der Waals surface area contributed by atoms with Crippen molar-refractivity contribution in [2.45, 2.75) is 25.5 Å². The van der Waals surface area contributed by atoms with Gasteiger partial charge < -0.3 is 10.6 Å². The number of amidine groups is 1. The van der Waals surface area contributed by atoms with Crippen molar-refractivity contribution in [3.63, 3.8) is 0 Å². The second-order valence-electron chi connectivity index (χ2n) is 5.92. The highest BCUT2D eigenvalue weighted by atomic mass is 32.2. The molecule has 0 aromatic heterocycles. The predicted molar refractivity (Wildman–Crippen MR) is 102 cm³/mol. The average Bonchev–Trinajstić information content (AvgIpc) is 2.89. The van der Waals surface area contributed by atoms with Crippen molar-refractivity contribution >= 4 is 40.1 Å². The Bertz CT molecular complexity index is 848. The van der Waals surface area contributed by atoms with E-state index in [1.165, 1.54) is 11.8 Å². The highest BCUT2D eigenvalue weighted by molar-refractivity contribution is 8.15. The van der Waals surface area contributed by atoms with Gasteiger partial charge in [-0.2, -0.15) is 0 Å². The Kier molecular flexibility index (Phi) is 5.19. The summed E-state index contributed by atoms with van der Waals surface area (Å²) in [5.74, 6) is -0.366. The largest absolute Gasteiger partial charge is 0.326 e. The summed E-state index contributed by atoms with van der Waals surface area (Å²) in [5.41, 5.74) is 3.64. The van der Waals surface area contributed by atoms with Crippen molar-refractivity contribution < 1.29 is 9.59 Å². The van der Waals surface area contributed by atoms with E-state index in [0.717, 1.165) is 22.5 Å². The maximum absolute atomic E-state index is 12.2. The van der Waals surface area contributed by atoms with E-state index >= 15 is 0 Å². The molecule has 0 aliphatic carbocycles. The van der Waals surface area contributed by atoms with Gasteiger partial charge in [-0.15, -0.1) is 0 Å². The van der Waals surface area contributed by atoms with Crippen LogP contribution in [0.4, 0.5) is 11.4 Å². The number of hydrogen-bond donors (Lipinski definition) is 2. The molecule has 0 radical (unpaired) electrons. The van der Waals surface area contributed by atoms with Crippen LogP contribution < -0.4 is 10.6 Å². The number of aryl methyl sites for hydroxylation is 2. The van der Waals surface area contributed by atoms with Crippen molar-refractivity contribution in [2.75, 3.05) is 5.32 Å². The van der Waals surface area contributed by atoms with Crippen LogP contribution in [0.3, 0.4) is 0 Å². The molecule has 5 nitrogen and oxygen atoms in total. The van der Waals surface area contributed by atoms with E-state index in [2.05, 4.69) is 15.6 Å². The molecule has 0 spiro atoms. The monoisotopic (exact) mass is 353 g/mol. The van der Waals surface area contributed by atoms with Gasteiger partial charge in [0.05, 0.1) is 5.69 Å². The molecule has 2 aromatic carbocycles. The Morgan fingerprint density at radius 3 is 2.76 bits per heavy atom. The number of carbonyl (C=O) groups excluding carboxylic acids is 2. The van der Waals surface area contributed by atoms with Crippen LogP contribution in [0, 0.1) is 13.8 Å². The Hall–Kier alpha value is -2.60. The normalized spacial score (nSPS) is 18.2. The average molecular weight is 353 g/mol. The number of thioether (sulfide) groups is 1. The lowest BCUT2D eigenvalue weighted by atomic mass is 10.2. The molecule has 2 aromatic rings. The van der Waals surface area contributed by atoms with Gasteiger partial charge in [-0.3, -0.25) is 9.59 Å². The first-order valence-electron chi connectivity index (χ1n) is 7.99. The summed E-state index contributed by atoms with van der Waals surface area (Å²) in [6.45, 7) is 3.92. The van der Waals surface area contributed by atoms with E-state index in [1.807, 2.05) is 62.4 Å². The van der Waals surface area contributed by atoms with Gasteiger partial charge in [0.2, 0.25) is 11.8 Å². The minimum absolute atomic E-state index is 0.109. The van der Waals surface area contributed by atoms with Crippen LogP contribution in [-0.2, 0) is 9.59 Å². The number of carbonyl (C=O) groups is 2. The lowest BCUT2D eigenvalue weighted by Crippen LogP contribution is -2.28. The van der Waals surface area contributed by atoms with Crippen LogP contribution in [0.2, 0.25) is 0 Å². The van der Waals surface area contributed by atoms with Crippen LogP contribution in [0.5, 0.6) is 0 Å². The van der Waals surface area contributed by atoms with E-state index in [1.54, 1.807) is 0 Å². The topological polar surface area (TPSA) is 70.6 Å². The zero-order valence-electron chi connectivity index (χ0n) is 14.1. The summed E-state index contributed by atoms with van der Waals surface area (Å²) in [7, 11) is 0. The lowest BCUT2D eigenvalue weighted by molar-refractivity contribution is -0.122. The van der Waals surface area contributed by atoms with Crippen LogP contribution in [0.25, 0.3) is 0 Å². The first-order chi connectivity index (χ1) is 12.0. The summed E-state index contributed by atoms with van der Waals surface area (Å²) in [6, 6.07) is 15.3. The molecule has 2 amide bonds. The van der Waals surface area contributed by atoms with E-state index < -0.39 is 5.25 Å². The summed E-state index contributed by atoms with van der Waals surface area (Å²) in [6.07, 6.45) is 0.109. The fraction of sp³-hybridized carbons (Fsp3) is 0.211. The SMILES string of the molecule is Cc1cccc(N=C2NC(=O)[C@H](CC(=O)Nc3ccccc3C)S2)c1. The lowest BCUT2D eigenvalue weighted by Gasteiger charge is -2.09. The number of aliphatic imine (C=N–C) groups is 1. The van der Waals surface area contributed by atoms with Crippen molar-refractivity contribution in [2.24, 2.45) is 4.99 Å². The van der Waals surface area contributed by atoms with E-state index in [4.69, 9.17) is 0 Å². The Balaban J connectivity index is 1.63. The van der Waals surface area contributed by atoms with Gasteiger partial charge in [0.15, 0.2) is 5.17 Å². The molecule has 0 bridgehead atoms. The van der Waals surface area contributed by atoms with E-state index in [0.29, 0.717) is 5.17 Å². The number of rotatable bonds is 4. The van der Waals surface area contributed by atoms with Crippen molar-refractivity contribution in [1.82, 2.24) is 5.32 Å². The molecule has 1 heterocycles. The number of nitrogens with zero attached hydrogens (tertiary/aromatic N) is 1. The molecule has 1 atom stereocenters. The third-order valence-corrected chi connectivity index (χ3v) is 4.88. The number of amides is 2. The highest BCUT2D eigenvalue weighted by Gasteiger charge is 2.32. The maximum atomic E-state index is 12.2. The van der Waals surface area contributed by atoms with Crippen molar-refractivity contribution in [3.05, 3.63) is 59.7 Å². The smallest absolute Gasteiger partial charge is 0.240 e. The second-order valence-corrected chi connectivity index (χ2v) is 7.11. The molecule has 3 rings (SSSR count). The summed E-state index contributed by atoms with van der Waals surface area (Å²) in [4.78, 5) is 28.8. The zero-order valence-corrected chi connectivity index (χ0v) is 14.9. The summed E-state index contributed by atoms with van der Waals surface area (Å²) in [5, 5.41) is 5.67. The Morgan fingerprint density at radius 2 is 2.00 bits per heavy atom. The summed E-state index contributed by atoms with van der Waals surface area (Å²) < 4.78 is 0. The van der Waals surface area contributed by atoms with Crippen LogP contribution >= 0.6 is 11.8 Å². The second kappa shape index (κ2) is 7.53. The van der Waals surface area contributed by atoms with E-state index in [9.17, 15) is 9.59 Å². The van der Waals surface area contributed by atoms with Crippen molar-refractivity contribution in [3.8, 4) is 0 Å². The molecular weight excluding hydrogens is 334 g/mol. The van der Waals surface area contributed by atoms with Gasteiger partial charge >= 0.3 is 0 Å². The molecular formula is C19H19N3O2S. The van der Waals surface area contributed by atoms with Gasteiger partial charge in [0.25, 0.3) is 0 Å². The molecule has 25 heavy (non-hydrogen) atoms. The third kappa shape index (κ3) is 4.48. The fourth-order valence-electron chi connectivity index (χ4n) is 2.49. The van der Waals surface area contributed by atoms with Crippen molar-refractivity contribution in [1.29, 1.82) is 0 Å². The van der Waals surface area contributed by atoms with Crippen LogP contribution in [-0.4, -0.2) is 22.2 Å². The van der Waals surface area contributed by atoms with Gasteiger partial charge in [0, 0.05) is 12.1 Å². The van der Waals surface area contributed by atoms with Gasteiger partial charge in [0.1, 0.15) is 5.25 Å². The van der Waals surface area contributed by atoms with Crippen LogP contribution in [0.15, 0.2) is 53.5 Å². The Labute approximate surface area is 150 Å². The predicted octanol–water partition coefficient (Wildman–Crippen LogP) is 3.55. The standard InChI is InChI=1S/C19H19N3O2S/c1-12-6-5-8-14(10-12)20-19-22-18(24)16(25-19)11-17(23)21-15-9-4-3-7-13(15)2/h3-10,16H,11H2,1-2H3,(H,21,23)(H,20,22,24)/t16-/m0/s1. The first kappa shape index (κ1) is 17.2. The molecule has 1 aliphatic heterocycles. The number of anilines is 1. The van der Waals surface area contributed by atoms with Gasteiger partial charge in [-0.05, 0) is 43.2 Å². The fourth-order valence-corrected chi connectivity index (χ4v) is 3.48. The molecule has 128 valence electrons. The first-order valence-corrected chi connectivity index (χ1v) is 8.87. The number of para-hydroxylation sites is 1. The maximum Gasteiger partial charge on any atom is 0.240 e. The molecule has 2 N–H and O–H groups in total. The number of benzene rings is 2. The molecule has 1 saturated heterocycles. The van der Waals surface area contributed by atoms with E-state index in [-0.39, 0.29) is 18.2 Å². The van der Waals surface area contributed by atoms with Gasteiger partial charge in [-0.25, -0.2) is 4.99 Å². The summed E-state index contributed by atoms with van der Waals surface area (Å²) >= 11 is 1.29. The number of nitrogens with one attached hydrogen (secondary N) is 2. The van der Waals surface area contributed by atoms with Gasteiger partial charge in [-0.1, -0.05) is 42.1 Å². The minimum atomic E-state index is -0.465. The molecule has 1 fully saturated rings. The third-order valence-electron chi connectivity index (χ3n) is 3.80. The Morgan fingerprint density at radius 1 is 1.20 bits per heavy atom. The molecule has 0 unspecified atom stereocenters. The molecule has 6 heteroatoms. The number of hydrogen-bond acceptors (Lipinski definition) is 4. The molecule has 0 saturated carbocycles. The van der Waals surface area contributed by atoms with Crippen LogP contribution in [0.1, 0.15) is 17.5 Å². The minimum Gasteiger partial charge on any atom is -0.326 e. The zero-order chi connectivity index (χ0) is 17.8. The highest BCUT2D eigenvalue weighted by Crippen LogP contribution is 2.26.